The number of aliphatic hydroxyl groups is 1. The first-order valence-corrected chi connectivity index (χ1v) is 9.92. The fraction of sp³-hybridized carbons (Fsp3) is 0.455. The lowest BCUT2D eigenvalue weighted by Crippen LogP contribution is -2.11. The van der Waals surface area contributed by atoms with Crippen molar-refractivity contribution in [1.29, 1.82) is 0 Å². The van der Waals surface area contributed by atoms with Crippen molar-refractivity contribution in [1.82, 2.24) is 0 Å². The van der Waals surface area contributed by atoms with Crippen molar-refractivity contribution >= 4 is 21.6 Å². The summed E-state index contributed by atoms with van der Waals surface area (Å²) in [7, 11) is 0. The summed E-state index contributed by atoms with van der Waals surface area (Å²) in [4.78, 5) is 0. The Bertz CT molecular complexity index is 600. The largest absolute Gasteiger partial charge is 0.392 e. The van der Waals surface area contributed by atoms with E-state index in [0.29, 0.717) is 0 Å². The highest BCUT2D eigenvalue weighted by Crippen LogP contribution is 2.26. The monoisotopic (exact) mass is 407 g/mol. The first kappa shape index (κ1) is 23.7. The van der Waals surface area contributed by atoms with Gasteiger partial charge in [0.2, 0.25) is 0 Å². The Kier molecular flexibility index (Phi) is 11.5. The summed E-state index contributed by atoms with van der Waals surface area (Å²) in [6.45, 7) is 15.4. The van der Waals surface area contributed by atoms with Crippen molar-refractivity contribution in [3.63, 3.8) is 0 Å². The number of benzene rings is 2. The van der Waals surface area contributed by atoms with Gasteiger partial charge in [-0.2, -0.15) is 0 Å². The van der Waals surface area contributed by atoms with Crippen molar-refractivity contribution in [2.45, 2.75) is 67.0 Å². The van der Waals surface area contributed by atoms with Gasteiger partial charge in [0, 0.05) is 22.3 Å². The molecule has 0 amide bonds. The maximum absolute atomic E-state index is 9.45. The summed E-state index contributed by atoms with van der Waals surface area (Å²) in [5, 5.41) is 12.8. The summed E-state index contributed by atoms with van der Waals surface area (Å²) in [5.41, 5.74) is 4.60. The normalized spacial score (nSPS) is 10.1. The molecule has 140 valence electrons. The fourth-order valence-corrected chi connectivity index (χ4v) is 2.70. The summed E-state index contributed by atoms with van der Waals surface area (Å²) in [5.74, 6) is 0. The second-order valence-electron chi connectivity index (χ2n) is 6.22. The number of anilines is 1. The van der Waals surface area contributed by atoms with Gasteiger partial charge in [-0.05, 0) is 28.7 Å². The molecular weight excluding hydrogens is 374 g/mol. The van der Waals surface area contributed by atoms with E-state index in [2.05, 4.69) is 66.3 Å². The third kappa shape index (κ3) is 7.62. The molecule has 2 rings (SSSR count). The number of hydrogen-bond acceptors (Lipinski definition) is 2. The number of rotatable bonds is 4. The van der Waals surface area contributed by atoms with Crippen LogP contribution in [0.2, 0.25) is 0 Å². The molecular formula is C22H34BrNO. The van der Waals surface area contributed by atoms with Gasteiger partial charge in [0.1, 0.15) is 0 Å². The first-order chi connectivity index (χ1) is 11.9. The summed E-state index contributed by atoms with van der Waals surface area (Å²) < 4.78 is 0.929. The Hall–Kier alpha value is -1.32. The molecule has 0 saturated carbocycles. The Labute approximate surface area is 162 Å². The van der Waals surface area contributed by atoms with Crippen molar-refractivity contribution in [3.05, 3.63) is 63.6 Å². The van der Waals surface area contributed by atoms with E-state index in [1.54, 1.807) is 0 Å². The highest BCUT2D eigenvalue weighted by atomic mass is 79.9. The first-order valence-electron chi connectivity index (χ1n) is 9.13. The molecule has 0 saturated heterocycles. The summed E-state index contributed by atoms with van der Waals surface area (Å²) in [6.07, 6.45) is 0. The van der Waals surface area contributed by atoms with Crippen molar-refractivity contribution < 1.29 is 5.11 Å². The van der Waals surface area contributed by atoms with Crippen molar-refractivity contribution in [2.24, 2.45) is 0 Å². The number of nitrogens with one attached hydrogen (secondary N) is 1. The smallest absolute Gasteiger partial charge is 0.0713 e. The topological polar surface area (TPSA) is 32.3 Å². The highest BCUT2D eigenvalue weighted by molar-refractivity contribution is 9.10. The molecule has 3 heteroatoms. The van der Waals surface area contributed by atoms with Gasteiger partial charge in [-0.25, -0.2) is 0 Å². The predicted octanol–water partition coefficient (Wildman–Crippen LogP) is 6.90. The molecule has 0 spiro atoms. The van der Waals surface area contributed by atoms with Crippen LogP contribution in [0.3, 0.4) is 0 Å². The Morgan fingerprint density at radius 2 is 1.48 bits per heavy atom. The molecule has 2 N–H and O–H groups in total. The van der Waals surface area contributed by atoms with E-state index >= 15 is 0 Å². The second kappa shape index (κ2) is 12.1. The maximum atomic E-state index is 9.45. The zero-order chi connectivity index (χ0) is 19.5. The minimum atomic E-state index is 0.0206. The number of halogens is 1. The van der Waals surface area contributed by atoms with Gasteiger partial charge in [0.05, 0.1) is 6.61 Å². The SMILES string of the molecule is CC.CC.CC(C)(C)c1ccc(CNc2cccc(Br)c2CO)cc1. The van der Waals surface area contributed by atoms with E-state index in [-0.39, 0.29) is 12.0 Å². The van der Waals surface area contributed by atoms with E-state index in [0.717, 1.165) is 22.3 Å². The second-order valence-corrected chi connectivity index (χ2v) is 7.08. The molecule has 0 aliphatic carbocycles. The van der Waals surface area contributed by atoms with Crippen LogP contribution in [-0.4, -0.2) is 5.11 Å². The molecule has 0 radical (unpaired) electrons. The zero-order valence-corrected chi connectivity index (χ0v) is 18.4. The van der Waals surface area contributed by atoms with Crippen LogP contribution in [0.5, 0.6) is 0 Å². The number of aliphatic hydroxyl groups excluding tert-OH is 1. The third-order valence-corrected chi connectivity index (χ3v) is 4.32. The molecule has 0 aromatic heterocycles. The van der Waals surface area contributed by atoms with Crippen LogP contribution in [0.25, 0.3) is 0 Å². The molecule has 25 heavy (non-hydrogen) atoms. The third-order valence-electron chi connectivity index (χ3n) is 3.58. The molecule has 2 aromatic rings. The van der Waals surface area contributed by atoms with E-state index in [4.69, 9.17) is 0 Å². The van der Waals surface area contributed by atoms with Crippen LogP contribution in [0.1, 0.15) is 65.2 Å². The lowest BCUT2D eigenvalue weighted by molar-refractivity contribution is 0.281. The zero-order valence-electron chi connectivity index (χ0n) is 16.8. The molecule has 0 atom stereocenters. The Morgan fingerprint density at radius 3 is 1.96 bits per heavy atom. The van der Waals surface area contributed by atoms with Gasteiger partial charge >= 0.3 is 0 Å². The molecule has 2 nitrogen and oxygen atoms in total. The van der Waals surface area contributed by atoms with Crippen LogP contribution in [-0.2, 0) is 18.6 Å². The molecule has 0 bridgehead atoms. The average molecular weight is 408 g/mol. The predicted molar refractivity (Wildman–Crippen MR) is 115 cm³/mol. The van der Waals surface area contributed by atoms with Gasteiger partial charge < -0.3 is 10.4 Å². The van der Waals surface area contributed by atoms with Crippen LogP contribution < -0.4 is 5.32 Å². The van der Waals surface area contributed by atoms with Crippen LogP contribution in [0, 0.1) is 0 Å². The Morgan fingerprint density at radius 1 is 0.920 bits per heavy atom. The minimum absolute atomic E-state index is 0.0206. The quantitative estimate of drug-likeness (QED) is 0.577. The fourth-order valence-electron chi connectivity index (χ4n) is 2.20. The molecule has 2 aromatic carbocycles. The van der Waals surface area contributed by atoms with E-state index in [1.165, 1.54) is 11.1 Å². The molecule has 0 unspecified atom stereocenters. The van der Waals surface area contributed by atoms with E-state index in [9.17, 15) is 5.11 Å². The molecule has 0 aliphatic rings. The maximum Gasteiger partial charge on any atom is 0.0713 e. The Balaban J connectivity index is 0.00000134. The van der Waals surface area contributed by atoms with Gasteiger partial charge in [-0.15, -0.1) is 0 Å². The summed E-state index contributed by atoms with van der Waals surface area (Å²) in [6, 6.07) is 14.6. The molecule has 0 aliphatic heterocycles. The lowest BCUT2D eigenvalue weighted by Gasteiger charge is -2.19. The van der Waals surface area contributed by atoms with Gasteiger partial charge in [0.25, 0.3) is 0 Å². The van der Waals surface area contributed by atoms with Crippen LogP contribution in [0.4, 0.5) is 5.69 Å². The molecule has 0 heterocycles. The van der Waals surface area contributed by atoms with E-state index < -0.39 is 0 Å². The van der Waals surface area contributed by atoms with E-state index in [1.807, 2.05) is 45.9 Å². The lowest BCUT2D eigenvalue weighted by atomic mass is 9.87. The summed E-state index contributed by atoms with van der Waals surface area (Å²) >= 11 is 3.46. The standard InChI is InChI=1S/C18H22BrNO.2C2H6/c1-18(2,3)14-9-7-13(8-10-14)11-20-17-6-4-5-16(19)15(17)12-21;2*1-2/h4-10,20-21H,11-12H2,1-3H3;2*1-2H3. The van der Waals surface area contributed by atoms with Crippen LogP contribution in [0.15, 0.2) is 46.9 Å². The van der Waals surface area contributed by atoms with Crippen LogP contribution >= 0.6 is 15.9 Å². The highest BCUT2D eigenvalue weighted by Gasteiger charge is 2.12. The molecule has 0 fully saturated rings. The average Bonchev–Trinajstić information content (AvgIpc) is 2.63. The van der Waals surface area contributed by atoms with Gasteiger partial charge in [-0.3, -0.25) is 0 Å². The van der Waals surface area contributed by atoms with Gasteiger partial charge in [-0.1, -0.05) is 94.7 Å². The van der Waals surface area contributed by atoms with Crippen molar-refractivity contribution in [2.75, 3.05) is 5.32 Å². The van der Waals surface area contributed by atoms with Crippen molar-refractivity contribution in [3.8, 4) is 0 Å². The van der Waals surface area contributed by atoms with Gasteiger partial charge in [0.15, 0.2) is 0 Å². The number of hydrogen-bond donors (Lipinski definition) is 2. The minimum Gasteiger partial charge on any atom is -0.392 e.